The number of aromatic nitrogens is 2. The van der Waals surface area contributed by atoms with Crippen molar-refractivity contribution in [3.63, 3.8) is 0 Å². The fraction of sp³-hybridized carbons (Fsp3) is 0.167. The number of rotatable bonds is 4. The second-order valence-electron chi connectivity index (χ2n) is 3.67. The van der Waals surface area contributed by atoms with Crippen LogP contribution in [0, 0.1) is 6.92 Å². The molecule has 0 aliphatic carbocycles. The minimum Gasteiger partial charge on any atom is -0.479 e. The van der Waals surface area contributed by atoms with Crippen LogP contribution in [0.25, 0.3) is 5.69 Å². The highest BCUT2D eigenvalue weighted by Gasteiger charge is 2.10. The molecule has 6 heteroatoms. The number of carboxylic acid groups (broad SMARTS) is 1. The first-order valence-electron chi connectivity index (χ1n) is 5.24. The molecule has 1 aromatic heterocycles. The average Bonchev–Trinajstić information content (AvgIpc) is 2.69. The first-order valence-corrected chi connectivity index (χ1v) is 5.62. The second-order valence-corrected chi connectivity index (χ2v) is 4.08. The molecule has 0 aliphatic rings. The summed E-state index contributed by atoms with van der Waals surface area (Å²) in [6, 6.07) is 8.91. The highest BCUT2D eigenvalue weighted by atomic mass is 35.5. The minimum atomic E-state index is -1.04. The second kappa shape index (κ2) is 5.10. The largest absolute Gasteiger partial charge is 0.479 e. The molecule has 0 atom stereocenters. The van der Waals surface area contributed by atoms with E-state index in [0.29, 0.717) is 5.02 Å². The molecule has 94 valence electrons. The molecule has 1 heterocycles. The number of aryl methyl sites for hydroxylation is 1. The van der Waals surface area contributed by atoms with Crippen molar-refractivity contribution in [1.29, 1.82) is 0 Å². The summed E-state index contributed by atoms with van der Waals surface area (Å²) in [7, 11) is 0. The van der Waals surface area contributed by atoms with E-state index in [-0.39, 0.29) is 5.88 Å². The smallest absolute Gasteiger partial charge is 0.341 e. The number of carboxylic acids is 1. The van der Waals surface area contributed by atoms with Gasteiger partial charge in [0.2, 0.25) is 5.88 Å². The molecular weight excluding hydrogens is 256 g/mol. The number of benzene rings is 1. The van der Waals surface area contributed by atoms with Crippen LogP contribution in [0.1, 0.15) is 5.69 Å². The van der Waals surface area contributed by atoms with Gasteiger partial charge in [0.1, 0.15) is 0 Å². The summed E-state index contributed by atoms with van der Waals surface area (Å²) in [6.07, 6.45) is 0. The summed E-state index contributed by atoms with van der Waals surface area (Å²) in [5, 5.41) is 13.3. The number of nitrogens with zero attached hydrogens (tertiary/aromatic N) is 2. The topological polar surface area (TPSA) is 64.3 Å². The third-order valence-electron chi connectivity index (χ3n) is 2.29. The monoisotopic (exact) mass is 266 g/mol. The van der Waals surface area contributed by atoms with Crippen LogP contribution in [-0.2, 0) is 4.79 Å². The average molecular weight is 267 g/mol. The molecular formula is C12H11ClN2O3. The molecule has 2 aromatic rings. The van der Waals surface area contributed by atoms with Gasteiger partial charge in [-0.3, -0.25) is 0 Å². The molecule has 0 bridgehead atoms. The molecule has 0 aliphatic heterocycles. The summed E-state index contributed by atoms with van der Waals surface area (Å²) in [5.74, 6) is -0.783. The van der Waals surface area contributed by atoms with E-state index in [4.69, 9.17) is 21.4 Å². The first-order chi connectivity index (χ1) is 8.58. The molecule has 0 fully saturated rings. The number of ether oxygens (including phenoxy) is 1. The lowest BCUT2D eigenvalue weighted by atomic mass is 10.3. The quantitative estimate of drug-likeness (QED) is 0.922. The Bertz CT molecular complexity index is 580. The summed E-state index contributed by atoms with van der Waals surface area (Å²) in [4.78, 5) is 10.4. The maximum atomic E-state index is 10.4. The Morgan fingerprint density at radius 2 is 2.22 bits per heavy atom. The van der Waals surface area contributed by atoms with Crippen LogP contribution in [0.2, 0.25) is 5.02 Å². The third-order valence-corrected chi connectivity index (χ3v) is 2.61. The van der Waals surface area contributed by atoms with Crippen LogP contribution < -0.4 is 4.74 Å². The minimum absolute atomic E-state index is 0.259. The maximum absolute atomic E-state index is 10.4. The number of hydrogen-bond donors (Lipinski definition) is 1. The highest BCUT2D eigenvalue weighted by molar-refractivity contribution is 6.32. The van der Waals surface area contributed by atoms with Gasteiger partial charge in [0.05, 0.1) is 10.7 Å². The first kappa shape index (κ1) is 12.4. The summed E-state index contributed by atoms with van der Waals surface area (Å²) < 4.78 is 6.63. The van der Waals surface area contributed by atoms with Crippen LogP contribution in [0.5, 0.6) is 5.88 Å². The number of para-hydroxylation sites is 1. The Morgan fingerprint density at radius 1 is 1.50 bits per heavy atom. The van der Waals surface area contributed by atoms with Crippen molar-refractivity contribution < 1.29 is 14.6 Å². The number of carbonyl (C=O) groups is 1. The van der Waals surface area contributed by atoms with Crippen LogP contribution >= 0.6 is 11.6 Å². The number of aliphatic carboxylic acids is 1. The van der Waals surface area contributed by atoms with E-state index < -0.39 is 12.6 Å². The van der Waals surface area contributed by atoms with Gasteiger partial charge < -0.3 is 9.84 Å². The highest BCUT2D eigenvalue weighted by Crippen LogP contribution is 2.23. The number of hydrogen-bond acceptors (Lipinski definition) is 3. The van der Waals surface area contributed by atoms with Crippen molar-refractivity contribution in [2.75, 3.05) is 6.61 Å². The predicted molar refractivity (Wildman–Crippen MR) is 66.4 cm³/mol. The van der Waals surface area contributed by atoms with Crippen molar-refractivity contribution in [3.8, 4) is 11.6 Å². The Kier molecular flexibility index (Phi) is 3.53. The van der Waals surface area contributed by atoms with Gasteiger partial charge in [0.25, 0.3) is 0 Å². The zero-order valence-corrected chi connectivity index (χ0v) is 10.4. The van der Waals surface area contributed by atoms with Crippen molar-refractivity contribution in [3.05, 3.63) is 41.0 Å². The molecule has 18 heavy (non-hydrogen) atoms. The van der Waals surface area contributed by atoms with Gasteiger partial charge in [0, 0.05) is 11.8 Å². The van der Waals surface area contributed by atoms with Gasteiger partial charge in [-0.1, -0.05) is 23.7 Å². The molecule has 0 amide bonds. The molecule has 0 spiro atoms. The Labute approximate surface area is 109 Å². The van der Waals surface area contributed by atoms with E-state index in [1.165, 1.54) is 0 Å². The molecule has 0 unspecified atom stereocenters. The maximum Gasteiger partial charge on any atom is 0.341 e. The van der Waals surface area contributed by atoms with Crippen molar-refractivity contribution >= 4 is 17.6 Å². The third kappa shape index (κ3) is 2.62. The van der Waals surface area contributed by atoms with E-state index in [2.05, 4.69) is 5.10 Å². The summed E-state index contributed by atoms with van der Waals surface area (Å²) in [5.41, 5.74) is 1.53. The Hall–Kier alpha value is -2.01. The fourth-order valence-corrected chi connectivity index (χ4v) is 1.74. The molecule has 5 nitrogen and oxygen atoms in total. The van der Waals surface area contributed by atoms with E-state index in [1.54, 1.807) is 16.8 Å². The van der Waals surface area contributed by atoms with Gasteiger partial charge >= 0.3 is 5.97 Å². The summed E-state index contributed by atoms with van der Waals surface area (Å²) >= 11 is 6.07. The lowest BCUT2D eigenvalue weighted by molar-refractivity contribution is -0.139. The van der Waals surface area contributed by atoms with Crippen molar-refractivity contribution in [1.82, 2.24) is 9.78 Å². The van der Waals surface area contributed by atoms with Crippen LogP contribution in [0.4, 0.5) is 0 Å². The normalized spacial score (nSPS) is 10.3. The van der Waals surface area contributed by atoms with Crippen molar-refractivity contribution in [2.24, 2.45) is 0 Å². The molecule has 2 rings (SSSR count). The molecule has 0 saturated heterocycles. The van der Waals surface area contributed by atoms with E-state index >= 15 is 0 Å². The lowest BCUT2D eigenvalue weighted by Gasteiger charge is -2.05. The number of halogens is 1. The zero-order chi connectivity index (χ0) is 13.1. The van der Waals surface area contributed by atoms with Gasteiger partial charge in [-0.2, -0.15) is 0 Å². The molecule has 0 radical (unpaired) electrons. The Balaban J connectivity index is 2.30. The van der Waals surface area contributed by atoms with Crippen molar-refractivity contribution in [2.45, 2.75) is 6.92 Å². The molecule has 1 aromatic carbocycles. The SMILES string of the molecule is Cc1cc(OCC(=O)O)nn1-c1ccccc1Cl. The predicted octanol–water partition coefficient (Wildman–Crippen LogP) is 2.30. The van der Waals surface area contributed by atoms with Crippen LogP contribution in [0.15, 0.2) is 30.3 Å². The zero-order valence-electron chi connectivity index (χ0n) is 9.63. The van der Waals surface area contributed by atoms with E-state index in [1.807, 2.05) is 25.1 Å². The molecule has 0 saturated carbocycles. The fourth-order valence-electron chi connectivity index (χ4n) is 1.52. The van der Waals surface area contributed by atoms with Crippen LogP contribution in [0.3, 0.4) is 0 Å². The van der Waals surface area contributed by atoms with Crippen LogP contribution in [-0.4, -0.2) is 27.5 Å². The van der Waals surface area contributed by atoms with E-state index in [0.717, 1.165) is 11.4 Å². The molecule has 1 N–H and O–H groups in total. The standard InChI is InChI=1S/C12H11ClN2O3/c1-8-6-11(18-7-12(16)17)14-15(8)10-5-3-2-4-9(10)13/h2-6H,7H2,1H3,(H,16,17). The van der Waals surface area contributed by atoms with Gasteiger partial charge in [-0.05, 0) is 19.1 Å². The lowest BCUT2D eigenvalue weighted by Crippen LogP contribution is -2.10. The Morgan fingerprint density at radius 3 is 2.89 bits per heavy atom. The van der Waals surface area contributed by atoms with E-state index in [9.17, 15) is 4.79 Å². The van der Waals surface area contributed by atoms with Gasteiger partial charge in [0.15, 0.2) is 6.61 Å². The van der Waals surface area contributed by atoms with Gasteiger partial charge in [-0.25, -0.2) is 9.48 Å². The van der Waals surface area contributed by atoms with Gasteiger partial charge in [-0.15, -0.1) is 5.10 Å². The summed E-state index contributed by atoms with van der Waals surface area (Å²) in [6.45, 7) is 1.42.